The van der Waals surface area contributed by atoms with Gasteiger partial charge in [-0.2, -0.15) is 21.6 Å². The van der Waals surface area contributed by atoms with E-state index in [1.807, 2.05) is 0 Å². The predicted molar refractivity (Wildman–Crippen MR) is 125 cm³/mol. The van der Waals surface area contributed by atoms with E-state index in [-0.39, 0.29) is 12.0 Å². The van der Waals surface area contributed by atoms with Crippen LogP contribution in [-0.2, 0) is 29.2 Å². The van der Waals surface area contributed by atoms with Gasteiger partial charge in [0.05, 0.1) is 18.2 Å². The fourth-order valence-corrected chi connectivity index (χ4v) is 3.67. The summed E-state index contributed by atoms with van der Waals surface area (Å²) in [6, 6.07) is 6.13. The van der Waals surface area contributed by atoms with Crippen LogP contribution in [0.15, 0.2) is 36.4 Å². The standard InChI is InChI=1S/C22H24F3N3O8S/c1-12(2)20(21(33)26-15(10-29)9-19(31)32)27-18(30)11-36-17-8-14-6-4-3-5-13(14)7-16(17)28-37(34,35)22(23,24)25/h3-8,10,12,15,20,28H,9,11H2,1-2H3,(H,26,33)(H,27,30)(H,31,32)/t15-,20-/m0/s1. The maximum absolute atomic E-state index is 12.9. The van der Waals surface area contributed by atoms with Gasteiger partial charge in [0.15, 0.2) is 6.61 Å². The summed E-state index contributed by atoms with van der Waals surface area (Å²) in [5.74, 6) is -3.97. The fraction of sp³-hybridized carbons (Fsp3) is 0.364. The van der Waals surface area contributed by atoms with Crippen molar-refractivity contribution in [2.45, 2.75) is 37.9 Å². The van der Waals surface area contributed by atoms with Crippen molar-refractivity contribution < 1.29 is 50.6 Å². The maximum atomic E-state index is 12.9. The minimum absolute atomic E-state index is 0.234. The van der Waals surface area contributed by atoms with Gasteiger partial charge in [0.2, 0.25) is 5.91 Å². The Kier molecular flexibility index (Phi) is 9.44. The Hall–Kier alpha value is -3.88. The number of carbonyl (C=O) groups is 4. The van der Waals surface area contributed by atoms with E-state index in [0.717, 1.165) is 6.07 Å². The Balaban J connectivity index is 2.21. The third-order valence-electron chi connectivity index (χ3n) is 4.91. The molecule has 0 saturated carbocycles. The number of ether oxygens (including phenoxy) is 1. The molecule has 0 unspecified atom stereocenters. The Morgan fingerprint density at radius 2 is 1.68 bits per heavy atom. The van der Waals surface area contributed by atoms with E-state index in [4.69, 9.17) is 9.84 Å². The van der Waals surface area contributed by atoms with Gasteiger partial charge in [-0.3, -0.25) is 19.1 Å². The molecule has 0 aliphatic heterocycles. The van der Waals surface area contributed by atoms with E-state index in [9.17, 15) is 40.8 Å². The molecule has 202 valence electrons. The largest absolute Gasteiger partial charge is 0.516 e. The fourth-order valence-electron chi connectivity index (χ4n) is 3.11. The van der Waals surface area contributed by atoms with Crippen molar-refractivity contribution in [1.82, 2.24) is 10.6 Å². The van der Waals surface area contributed by atoms with Crippen LogP contribution in [0.4, 0.5) is 18.9 Å². The highest BCUT2D eigenvalue weighted by atomic mass is 32.2. The Morgan fingerprint density at radius 3 is 2.19 bits per heavy atom. The third-order valence-corrected chi connectivity index (χ3v) is 6.01. The zero-order valence-corrected chi connectivity index (χ0v) is 20.4. The molecule has 2 rings (SSSR count). The van der Waals surface area contributed by atoms with Crippen LogP contribution < -0.4 is 20.1 Å². The van der Waals surface area contributed by atoms with Crippen molar-refractivity contribution >= 4 is 50.6 Å². The van der Waals surface area contributed by atoms with Crippen molar-refractivity contribution in [2.75, 3.05) is 11.3 Å². The SMILES string of the molecule is CC(C)[C@H](NC(=O)COc1cc2ccccc2cc1NS(=O)(=O)C(F)(F)F)C(=O)N[C@H](C=O)CC(=O)O. The summed E-state index contributed by atoms with van der Waals surface area (Å²) in [5, 5.41) is 14.2. The summed E-state index contributed by atoms with van der Waals surface area (Å²) in [4.78, 5) is 46.8. The number of rotatable bonds is 12. The molecule has 2 aromatic carbocycles. The predicted octanol–water partition coefficient (Wildman–Crippen LogP) is 1.78. The number of alkyl halides is 3. The average Bonchev–Trinajstić information content (AvgIpc) is 2.79. The minimum Gasteiger partial charge on any atom is -0.482 e. The van der Waals surface area contributed by atoms with Crippen LogP contribution in [0.2, 0.25) is 0 Å². The van der Waals surface area contributed by atoms with E-state index in [1.165, 1.54) is 16.9 Å². The lowest BCUT2D eigenvalue weighted by molar-refractivity contribution is -0.139. The summed E-state index contributed by atoms with van der Waals surface area (Å²) in [5.41, 5.74) is -6.17. The smallest absolute Gasteiger partial charge is 0.482 e. The van der Waals surface area contributed by atoms with E-state index in [1.54, 1.807) is 32.0 Å². The third kappa shape index (κ3) is 8.06. The second kappa shape index (κ2) is 11.9. The topological polar surface area (TPSA) is 168 Å². The number of anilines is 1. The molecule has 0 saturated heterocycles. The highest BCUT2D eigenvalue weighted by molar-refractivity contribution is 7.93. The molecule has 15 heteroatoms. The van der Waals surface area contributed by atoms with Gasteiger partial charge >= 0.3 is 21.5 Å². The highest BCUT2D eigenvalue weighted by Crippen LogP contribution is 2.34. The van der Waals surface area contributed by atoms with Crippen LogP contribution in [0.25, 0.3) is 10.8 Å². The Bertz CT molecular complexity index is 1280. The van der Waals surface area contributed by atoms with Gasteiger partial charge in [-0.15, -0.1) is 0 Å². The van der Waals surface area contributed by atoms with Gasteiger partial charge in [0.1, 0.15) is 18.1 Å². The molecule has 0 heterocycles. The zero-order valence-electron chi connectivity index (χ0n) is 19.5. The van der Waals surface area contributed by atoms with E-state index < -0.39 is 70.0 Å². The first kappa shape index (κ1) is 29.4. The highest BCUT2D eigenvalue weighted by Gasteiger charge is 2.46. The van der Waals surface area contributed by atoms with Crippen molar-refractivity contribution in [2.24, 2.45) is 5.92 Å². The number of aldehydes is 1. The van der Waals surface area contributed by atoms with Crippen LogP contribution in [0.1, 0.15) is 20.3 Å². The molecule has 0 fully saturated rings. The molecule has 0 bridgehead atoms. The maximum Gasteiger partial charge on any atom is 0.516 e. The molecule has 0 aliphatic rings. The molecule has 11 nitrogen and oxygen atoms in total. The molecule has 0 spiro atoms. The first-order valence-electron chi connectivity index (χ1n) is 10.7. The van der Waals surface area contributed by atoms with Gasteiger partial charge < -0.3 is 25.3 Å². The number of aliphatic carboxylic acids is 1. The number of carboxylic acid groups (broad SMARTS) is 1. The van der Waals surface area contributed by atoms with Crippen LogP contribution in [0.5, 0.6) is 5.75 Å². The molecule has 37 heavy (non-hydrogen) atoms. The van der Waals surface area contributed by atoms with Crippen molar-refractivity contribution in [3.8, 4) is 5.75 Å². The van der Waals surface area contributed by atoms with Gasteiger partial charge in [-0.05, 0) is 28.8 Å². The van der Waals surface area contributed by atoms with Gasteiger partial charge in [0, 0.05) is 0 Å². The number of benzene rings is 2. The molecule has 0 aliphatic carbocycles. The number of halogens is 3. The molecule has 2 amide bonds. The molecular formula is C22H24F3N3O8S. The van der Waals surface area contributed by atoms with Crippen LogP contribution in [0.3, 0.4) is 0 Å². The van der Waals surface area contributed by atoms with Crippen molar-refractivity contribution in [1.29, 1.82) is 0 Å². The number of nitrogens with one attached hydrogen (secondary N) is 3. The number of carbonyl (C=O) groups excluding carboxylic acids is 3. The lowest BCUT2D eigenvalue weighted by Gasteiger charge is -2.23. The molecule has 0 aromatic heterocycles. The molecule has 0 radical (unpaired) electrons. The van der Waals surface area contributed by atoms with Crippen molar-refractivity contribution in [3.05, 3.63) is 36.4 Å². The van der Waals surface area contributed by atoms with Gasteiger partial charge in [0.25, 0.3) is 5.91 Å². The number of hydrogen-bond acceptors (Lipinski definition) is 7. The van der Waals surface area contributed by atoms with Gasteiger partial charge in [-0.25, -0.2) is 0 Å². The van der Waals surface area contributed by atoms with Crippen molar-refractivity contribution in [3.63, 3.8) is 0 Å². The summed E-state index contributed by atoms with van der Waals surface area (Å²) in [7, 11) is -5.80. The number of hydrogen-bond donors (Lipinski definition) is 4. The molecule has 2 aromatic rings. The number of sulfonamides is 1. The quantitative estimate of drug-likeness (QED) is 0.292. The molecule has 2 atom stereocenters. The molecular weight excluding hydrogens is 523 g/mol. The minimum atomic E-state index is -5.80. The Labute approximate surface area is 209 Å². The average molecular weight is 548 g/mol. The summed E-state index contributed by atoms with van der Waals surface area (Å²) < 4.78 is 68.7. The van der Waals surface area contributed by atoms with Crippen LogP contribution in [-0.4, -0.2) is 61.8 Å². The monoisotopic (exact) mass is 547 g/mol. The van der Waals surface area contributed by atoms with Crippen LogP contribution in [0, 0.1) is 5.92 Å². The second-order valence-electron chi connectivity index (χ2n) is 8.17. The second-order valence-corrected chi connectivity index (χ2v) is 9.85. The summed E-state index contributed by atoms with van der Waals surface area (Å²) in [6.07, 6.45) is -0.437. The number of carboxylic acids is 1. The van der Waals surface area contributed by atoms with E-state index in [2.05, 4.69) is 10.6 Å². The number of fused-ring (bicyclic) bond motifs is 1. The van der Waals surface area contributed by atoms with E-state index >= 15 is 0 Å². The van der Waals surface area contributed by atoms with Crippen LogP contribution >= 0.6 is 0 Å². The lowest BCUT2D eigenvalue weighted by Crippen LogP contribution is -2.53. The molecule has 4 N–H and O–H groups in total. The summed E-state index contributed by atoms with van der Waals surface area (Å²) in [6.45, 7) is 2.31. The Morgan fingerprint density at radius 1 is 1.08 bits per heavy atom. The number of amides is 2. The normalized spacial score (nSPS) is 13.5. The van der Waals surface area contributed by atoms with Gasteiger partial charge in [-0.1, -0.05) is 38.1 Å². The first-order chi connectivity index (χ1) is 17.1. The van der Waals surface area contributed by atoms with E-state index in [0.29, 0.717) is 10.8 Å². The zero-order chi connectivity index (χ0) is 28.0. The summed E-state index contributed by atoms with van der Waals surface area (Å²) >= 11 is 0. The lowest BCUT2D eigenvalue weighted by atomic mass is 10.0. The first-order valence-corrected chi connectivity index (χ1v) is 12.1.